The number of ether oxygens (including phenoxy) is 1. The summed E-state index contributed by atoms with van der Waals surface area (Å²) in [5.74, 6) is -0.390. The van der Waals surface area contributed by atoms with Crippen molar-refractivity contribution in [3.8, 4) is 12.1 Å². The van der Waals surface area contributed by atoms with Crippen LogP contribution in [0.1, 0.15) is 12.8 Å². The first-order valence-electron chi connectivity index (χ1n) is 8.80. The fraction of sp³-hybridized carbons (Fsp3) is 0.421. The molecule has 1 unspecified atom stereocenters. The minimum Gasteiger partial charge on any atom is -0.443 e. The monoisotopic (exact) mass is 369 g/mol. The summed E-state index contributed by atoms with van der Waals surface area (Å²) in [6, 6.07) is 8.75. The van der Waals surface area contributed by atoms with Crippen LogP contribution in [-0.2, 0) is 4.74 Å². The third-order valence-electron chi connectivity index (χ3n) is 4.71. The van der Waals surface area contributed by atoms with Gasteiger partial charge in [-0.1, -0.05) is 5.57 Å². The molecule has 27 heavy (non-hydrogen) atoms. The SMILES string of the molecule is N#CC=C1CCN(c2ccc(N3CC(CNCC#N)OC3=O)cc2F)CC1. The summed E-state index contributed by atoms with van der Waals surface area (Å²) in [5, 5.41) is 20.1. The van der Waals surface area contributed by atoms with Crippen molar-refractivity contribution >= 4 is 17.5 Å². The number of hydrogen-bond donors (Lipinski definition) is 1. The number of nitrogens with one attached hydrogen (secondary N) is 1. The normalized spacial score (nSPS) is 19.4. The first kappa shape index (κ1) is 18.7. The van der Waals surface area contributed by atoms with E-state index in [4.69, 9.17) is 15.3 Å². The Morgan fingerprint density at radius 2 is 2.11 bits per heavy atom. The van der Waals surface area contributed by atoms with Crippen LogP contribution in [0.2, 0.25) is 0 Å². The van der Waals surface area contributed by atoms with E-state index >= 15 is 0 Å². The fourth-order valence-electron chi connectivity index (χ4n) is 3.32. The van der Waals surface area contributed by atoms with Crippen molar-refractivity contribution in [1.29, 1.82) is 10.5 Å². The van der Waals surface area contributed by atoms with Crippen molar-refractivity contribution in [3.63, 3.8) is 0 Å². The first-order chi connectivity index (χ1) is 13.1. The number of allylic oxidation sites excluding steroid dienone is 1. The molecule has 2 saturated heterocycles. The number of piperidine rings is 1. The van der Waals surface area contributed by atoms with Gasteiger partial charge in [-0.05, 0) is 31.0 Å². The van der Waals surface area contributed by atoms with Crippen LogP contribution < -0.4 is 15.1 Å². The number of halogens is 1. The van der Waals surface area contributed by atoms with Crippen LogP contribution in [0.5, 0.6) is 0 Å². The number of carbonyl (C=O) groups is 1. The van der Waals surface area contributed by atoms with E-state index in [2.05, 4.69) is 5.32 Å². The van der Waals surface area contributed by atoms with Crippen LogP contribution in [0, 0.1) is 28.5 Å². The lowest BCUT2D eigenvalue weighted by atomic mass is 10.0. The molecule has 2 heterocycles. The number of nitriles is 2. The summed E-state index contributed by atoms with van der Waals surface area (Å²) in [6.07, 6.45) is 2.16. The van der Waals surface area contributed by atoms with Crippen LogP contribution in [0.3, 0.4) is 0 Å². The van der Waals surface area contributed by atoms with Gasteiger partial charge in [-0.25, -0.2) is 9.18 Å². The van der Waals surface area contributed by atoms with Crippen LogP contribution in [0.15, 0.2) is 29.8 Å². The highest BCUT2D eigenvalue weighted by Gasteiger charge is 2.32. The fourth-order valence-corrected chi connectivity index (χ4v) is 3.32. The Morgan fingerprint density at radius 3 is 2.78 bits per heavy atom. The lowest BCUT2D eigenvalue weighted by Crippen LogP contribution is -2.32. The number of hydrogen-bond acceptors (Lipinski definition) is 6. The minimum absolute atomic E-state index is 0.179. The molecule has 3 rings (SSSR count). The van der Waals surface area contributed by atoms with E-state index in [0.29, 0.717) is 37.6 Å². The van der Waals surface area contributed by atoms with E-state index in [1.54, 1.807) is 18.2 Å². The van der Waals surface area contributed by atoms with Crippen LogP contribution in [0.25, 0.3) is 0 Å². The second-order valence-corrected chi connectivity index (χ2v) is 6.46. The predicted molar refractivity (Wildman–Crippen MR) is 97.6 cm³/mol. The van der Waals surface area contributed by atoms with Gasteiger partial charge in [0.2, 0.25) is 0 Å². The zero-order chi connectivity index (χ0) is 19.2. The van der Waals surface area contributed by atoms with Gasteiger partial charge in [0, 0.05) is 25.7 Å². The van der Waals surface area contributed by atoms with Gasteiger partial charge in [0.15, 0.2) is 0 Å². The molecule has 7 nitrogen and oxygen atoms in total. The Bertz CT molecular complexity index is 816. The maximum Gasteiger partial charge on any atom is 0.414 e. The first-order valence-corrected chi connectivity index (χ1v) is 8.80. The second-order valence-electron chi connectivity index (χ2n) is 6.46. The number of benzene rings is 1. The van der Waals surface area contributed by atoms with Gasteiger partial charge in [-0.15, -0.1) is 0 Å². The summed E-state index contributed by atoms with van der Waals surface area (Å²) in [6.45, 7) is 2.17. The Morgan fingerprint density at radius 1 is 1.33 bits per heavy atom. The van der Waals surface area contributed by atoms with Gasteiger partial charge in [0.05, 0.1) is 36.6 Å². The molecule has 2 fully saturated rings. The number of rotatable bonds is 5. The maximum atomic E-state index is 14.7. The van der Waals surface area contributed by atoms with Crippen molar-refractivity contribution < 1.29 is 13.9 Å². The molecule has 0 spiro atoms. The summed E-state index contributed by atoms with van der Waals surface area (Å²) in [7, 11) is 0. The third kappa shape index (κ3) is 4.36. The lowest BCUT2D eigenvalue weighted by molar-refractivity contribution is 0.141. The van der Waals surface area contributed by atoms with E-state index < -0.39 is 6.09 Å². The molecule has 1 amide bonds. The van der Waals surface area contributed by atoms with Crippen LogP contribution >= 0.6 is 0 Å². The number of carbonyl (C=O) groups excluding carboxylic acids is 1. The standard InChI is InChI=1S/C19H20FN5O2/c20-17-11-15(25-13-16(27-19(25)26)12-23-8-7-22)1-2-18(17)24-9-4-14(3-6-21)5-10-24/h1-3,11,16,23H,4-5,8-10,12-13H2. The van der Waals surface area contributed by atoms with Gasteiger partial charge >= 0.3 is 6.09 Å². The highest BCUT2D eigenvalue weighted by Crippen LogP contribution is 2.30. The summed E-state index contributed by atoms with van der Waals surface area (Å²) < 4.78 is 19.9. The molecule has 8 heteroatoms. The Hall–Kier alpha value is -3.10. The molecular weight excluding hydrogens is 349 g/mol. The summed E-state index contributed by atoms with van der Waals surface area (Å²) >= 11 is 0. The van der Waals surface area contributed by atoms with Gasteiger partial charge in [0.25, 0.3) is 0 Å². The molecule has 0 bridgehead atoms. The lowest BCUT2D eigenvalue weighted by Gasteiger charge is -2.30. The Kier molecular flexibility index (Phi) is 5.90. The molecule has 1 aromatic rings. The largest absolute Gasteiger partial charge is 0.443 e. The average Bonchev–Trinajstić information content (AvgIpc) is 3.03. The Balaban J connectivity index is 1.65. The van der Waals surface area contributed by atoms with E-state index in [1.165, 1.54) is 11.0 Å². The average molecular weight is 369 g/mol. The van der Waals surface area contributed by atoms with Gasteiger partial charge < -0.3 is 15.0 Å². The smallest absolute Gasteiger partial charge is 0.414 e. The van der Waals surface area contributed by atoms with Crippen molar-refractivity contribution in [2.75, 3.05) is 42.5 Å². The number of amides is 1. The number of nitrogens with zero attached hydrogens (tertiary/aromatic N) is 4. The van der Waals surface area contributed by atoms with Crippen molar-refractivity contribution in [2.45, 2.75) is 18.9 Å². The summed E-state index contributed by atoms with van der Waals surface area (Å²) in [5.41, 5.74) is 2.03. The van der Waals surface area contributed by atoms with E-state index in [1.807, 2.05) is 17.0 Å². The van der Waals surface area contributed by atoms with Gasteiger partial charge in [0.1, 0.15) is 11.9 Å². The third-order valence-corrected chi connectivity index (χ3v) is 4.71. The van der Waals surface area contributed by atoms with Crippen LogP contribution in [-0.4, -0.2) is 44.9 Å². The molecular formula is C19H20FN5O2. The topological polar surface area (TPSA) is 92.4 Å². The molecule has 0 aliphatic carbocycles. The predicted octanol–water partition coefficient (Wildman–Crippen LogP) is 2.31. The van der Waals surface area contributed by atoms with Crippen LogP contribution in [0.4, 0.5) is 20.6 Å². The highest BCUT2D eigenvalue weighted by atomic mass is 19.1. The maximum absolute atomic E-state index is 14.7. The quantitative estimate of drug-likeness (QED) is 0.486. The van der Waals surface area contributed by atoms with Crippen molar-refractivity contribution in [1.82, 2.24) is 5.32 Å². The molecule has 0 saturated carbocycles. The number of cyclic esters (lactones) is 1. The molecule has 140 valence electrons. The molecule has 1 N–H and O–H groups in total. The minimum atomic E-state index is -0.518. The van der Waals surface area contributed by atoms with Gasteiger partial charge in [-0.3, -0.25) is 4.90 Å². The Labute approximate surface area is 157 Å². The van der Waals surface area contributed by atoms with E-state index in [0.717, 1.165) is 18.4 Å². The number of anilines is 2. The van der Waals surface area contributed by atoms with Crippen molar-refractivity contribution in [2.24, 2.45) is 0 Å². The molecule has 0 aromatic heterocycles. The zero-order valence-electron chi connectivity index (χ0n) is 14.8. The second kappa shape index (κ2) is 8.52. The van der Waals surface area contributed by atoms with E-state index in [-0.39, 0.29) is 18.5 Å². The highest BCUT2D eigenvalue weighted by molar-refractivity contribution is 5.90. The van der Waals surface area contributed by atoms with Crippen molar-refractivity contribution in [3.05, 3.63) is 35.7 Å². The molecule has 0 radical (unpaired) electrons. The van der Waals surface area contributed by atoms with Gasteiger partial charge in [-0.2, -0.15) is 10.5 Å². The molecule has 2 aliphatic heterocycles. The zero-order valence-corrected chi connectivity index (χ0v) is 14.8. The molecule has 1 atom stereocenters. The summed E-state index contributed by atoms with van der Waals surface area (Å²) in [4.78, 5) is 15.4. The molecule has 1 aromatic carbocycles. The van der Waals surface area contributed by atoms with E-state index in [9.17, 15) is 9.18 Å². The molecule has 2 aliphatic rings.